The number of aryl methyl sites for hydroxylation is 3. The minimum Gasteiger partial charge on any atom is -0.467 e. The van der Waals surface area contributed by atoms with Crippen LogP contribution in [0.25, 0.3) is 11.0 Å². The summed E-state index contributed by atoms with van der Waals surface area (Å²) in [6.45, 7) is 5.76. The Kier molecular flexibility index (Phi) is 6.59. The van der Waals surface area contributed by atoms with Crippen molar-refractivity contribution in [3.8, 4) is 0 Å². The Balaban J connectivity index is 1.57. The zero-order valence-electron chi connectivity index (χ0n) is 20.8. The Labute approximate surface area is 213 Å². The average molecular weight is 498 g/mol. The van der Waals surface area contributed by atoms with Crippen LogP contribution in [0.1, 0.15) is 34.4 Å². The van der Waals surface area contributed by atoms with E-state index in [2.05, 4.69) is 15.6 Å². The first-order valence-corrected chi connectivity index (χ1v) is 11.9. The second kappa shape index (κ2) is 10.1. The largest absolute Gasteiger partial charge is 0.467 e. The normalized spacial score (nSPS) is 12.0. The number of hydrogen-bond acceptors (Lipinski definition) is 6. The number of carbonyl (C=O) groups is 2. The van der Waals surface area contributed by atoms with Crippen LogP contribution in [0.4, 0.5) is 5.69 Å². The van der Waals surface area contributed by atoms with E-state index in [1.54, 1.807) is 42.1 Å². The van der Waals surface area contributed by atoms with Crippen molar-refractivity contribution < 1.29 is 18.4 Å². The Morgan fingerprint density at radius 2 is 1.78 bits per heavy atom. The first-order chi connectivity index (χ1) is 17.9. The fourth-order valence-corrected chi connectivity index (χ4v) is 4.42. The number of nitrogens with one attached hydrogen (secondary N) is 1. The second-order valence-corrected chi connectivity index (χ2v) is 8.99. The smallest absolute Gasteiger partial charge is 0.251 e. The molecule has 0 aliphatic heterocycles. The lowest BCUT2D eigenvalue weighted by molar-refractivity contribution is -0.127. The highest BCUT2D eigenvalue weighted by molar-refractivity contribution is 6.01. The Morgan fingerprint density at radius 3 is 2.49 bits per heavy atom. The van der Waals surface area contributed by atoms with E-state index in [4.69, 9.17) is 8.83 Å². The van der Waals surface area contributed by atoms with Crippen molar-refractivity contribution in [2.24, 2.45) is 0 Å². The van der Waals surface area contributed by atoms with Gasteiger partial charge in [-0.3, -0.25) is 14.5 Å². The molecule has 0 radical (unpaired) electrons. The van der Waals surface area contributed by atoms with Gasteiger partial charge in [-0.1, -0.05) is 23.4 Å². The molecular weight excluding hydrogens is 470 g/mol. The fraction of sp³-hybridized carbons (Fsp3) is 0.214. The molecule has 0 saturated heterocycles. The van der Waals surface area contributed by atoms with Gasteiger partial charge in [0.15, 0.2) is 6.04 Å². The maximum atomic E-state index is 14.0. The Bertz CT molecular complexity index is 1530. The molecule has 0 fully saturated rings. The molecule has 0 aliphatic rings. The number of rotatable bonds is 8. The van der Waals surface area contributed by atoms with Crippen LogP contribution in [0.3, 0.4) is 0 Å². The van der Waals surface area contributed by atoms with Crippen LogP contribution in [0.5, 0.6) is 0 Å². The van der Waals surface area contributed by atoms with Gasteiger partial charge in [-0.05, 0) is 80.4 Å². The van der Waals surface area contributed by atoms with E-state index < -0.39 is 11.9 Å². The molecule has 0 saturated carbocycles. The van der Waals surface area contributed by atoms with E-state index in [1.165, 1.54) is 4.90 Å². The van der Waals surface area contributed by atoms with Gasteiger partial charge in [0.05, 0.1) is 18.3 Å². The molecule has 9 nitrogen and oxygen atoms in total. The van der Waals surface area contributed by atoms with Crippen molar-refractivity contribution >= 4 is 28.5 Å². The predicted octanol–water partition coefficient (Wildman–Crippen LogP) is 4.63. The molecule has 0 unspecified atom stereocenters. The quantitative estimate of drug-likeness (QED) is 0.335. The highest BCUT2D eigenvalue weighted by Crippen LogP contribution is 2.31. The summed E-state index contributed by atoms with van der Waals surface area (Å²) in [4.78, 5) is 29.2. The molecule has 188 valence electrons. The highest BCUT2D eigenvalue weighted by Gasteiger charge is 2.35. The molecule has 2 aromatic carbocycles. The van der Waals surface area contributed by atoms with Gasteiger partial charge in [0.2, 0.25) is 5.91 Å². The number of furan rings is 2. The highest BCUT2D eigenvalue weighted by atomic mass is 16.3. The predicted molar refractivity (Wildman–Crippen MR) is 138 cm³/mol. The fourth-order valence-electron chi connectivity index (χ4n) is 4.42. The molecule has 37 heavy (non-hydrogen) atoms. The van der Waals surface area contributed by atoms with Gasteiger partial charge in [-0.25, -0.2) is 4.68 Å². The molecule has 1 atom stereocenters. The van der Waals surface area contributed by atoms with Crippen LogP contribution in [0.15, 0.2) is 81.8 Å². The molecule has 5 aromatic rings. The van der Waals surface area contributed by atoms with Gasteiger partial charge in [0, 0.05) is 5.69 Å². The van der Waals surface area contributed by atoms with Crippen molar-refractivity contribution in [1.82, 2.24) is 20.3 Å². The lowest BCUT2D eigenvalue weighted by Gasteiger charge is -2.30. The number of anilines is 1. The molecular formula is C28H27N5O4. The average Bonchev–Trinajstić information content (AvgIpc) is 3.62. The van der Waals surface area contributed by atoms with Gasteiger partial charge < -0.3 is 14.2 Å². The summed E-state index contributed by atoms with van der Waals surface area (Å²) >= 11 is 0. The second-order valence-electron chi connectivity index (χ2n) is 8.99. The van der Waals surface area contributed by atoms with Crippen LogP contribution in [0, 0.1) is 20.8 Å². The van der Waals surface area contributed by atoms with E-state index in [1.807, 2.05) is 56.3 Å². The minimum atomic E-state index is -1.06. The van der Waals surface area contributed by atoms with E-state index in [-0.39, 0.29) is 19.0 Å². The maximum absolute atomic E-state index is 14.0. The number of amides is 2. The molecule has 0 aliphatic carbocycles. The summed E-state index contributed by atoms with van der Waals surface area (Å²) in [6.07, 6.45) is 1.54. The van der Waals surface area contributed by atoms with E-state index in [9.17, 15) is 9.59 Å². The monoisotopic (exact) mass is 497 g/mol. The Morgan fingerprint density at radius 1 is 1.00 bits per heavy atom. The summed E-state index contributed by atoms with van der Waals surface area (Å²) in [5.74, 6) is 0.843. The molecule has 0 bridgehead atoms. The van der Waals surface area contributed by atoms with Gasteiger partial charge in [-0.15, -0.1) is 5.10 Å². The van der Waals surface area contributed by atoms with E-state index in [0.717, 1.165) is 16.6 Å². The molecule has 3 heterocycles. The summed E-state index contributed by atoms with van der Waals surface area (Å²) < 4.78 is 12.8. The number of hydrogen-bond donors (Lipinski definition) is 1. The Hall–Kier alpha value is -4.66. The maximum Gasteiger partial charge on any atom is 0.251 e. The lowest BCUT2D eigenvalue weighted by Crippen LogP contribution is -2.45. The summed E-state index contributed by atoms with van der Waals surface area (Å²) in [5, 5.41) is 11.2. The minimum absolute atomic E-state index is 0.116. The van der Waals surface area contributed by atoms with Crippen molar-refractivity contribution in [2.75, 3.05) is 4.90 Å². The van der Waals surface area contributed by atoms with Crippen LogP contribution < -0.4 is 10.2 Å². The number of benzene rings is 2. The third kappa shape index (κ3) is 5.16. The van der Waals surface area contributed by atoms with E-state index >= 15 is 0 Å². The zero-order valence-corrected chi connectivity index (χ0v) is 20.8. The third-order valence-corrected chi connectivity index (χ3v) is 6.01. The van der Waals surface area contributed by atoms with Crippen molar-refractivity contribution in [1.29, 1.82) is 0 Å². The van der Waals surface area contributed by atoms with E-state index in [0.29, 0.717) is 28.5 Å². The first kappa shape index (κ1) is 24.1. The van der Waals surface area contributed by atoms with Crippen LogP contribution >= 0.6 is 0 Å². The number of fused-ring (bicyclic) bond motifs is 1. The molecule has 2 amide bonds. The summed E-state index contributed by atoms with van der Waals surface area (Å²) in [6, 6.07) is 19.2. The lowest BCUT2D eigenvalue weighted by atomic mass is 10.1. The number of carbonyl (C=O) groups excluding carboxylic acids is 2. The standard InChI is InChI=1S/C28H27N5O4/c1-18-13-19(2)15-21(14-18)33(26(34)17-32-24-9-5-4-8-23(24)30-31-32)27(25-11-10-20(3)37-25)28(35)29-16-22-7-6-12-36-22/h4-15,27H,16-17H2,1-3H3,(H,29,35)/t27-/m0/s1. The van der Waals surface area contributed by atoms with Gasteiger partial charge in [-0.2, -0.15) is 0 Å². The third-order valence-electron chi connectivity index (χ3n) is 6.01. The SMILES string of the molecule is Cc1cc(C)cc(N(C(=O)Cn2nnc3ccccc32)[C@H](C(=O)NCc2ccco2)c2ccc(C)o2)c1. The summed E-state index contributed by atoms with van der Waals surface area (Å²) in [7, 11) is 0. The van der Waals surface area contributed by atoms with Crippen LogP contribution in [-0.2, 0) is 22.7 Å². The summed E-state index contributed by atoms with van der Waals surface area (Å²) in [5.41, 5.74) is 3.92. The topological polar surface area (TPSA) is 106 Å². The van der Waals surface area contributed by atoms with Crippen molar-refractivity contribution in [2.45, 2.75) is 39.9 Å². The van der Waals surface area contributed by atoms with Crippen molar-refractivity contribution in [3.05, 3.63) is 101 Å². The molecule has 3 aromatic heterocycles. The number of para-hydroxylation sites is 1. The first-order valence-electron chi connectivity index (χ1n) is 11.9. The zero-order chi connectivity index (χ0) is 25.9. The molecule has 1 N–H and O–H groups in total. The van der Waals surface area contributed by atoms with Crippen LogP contribution in [0.2, 0.25) is 0 Å². The van der Waals surface area contributed by atoms with Crippen LogP contribution in [-0.4, -0.2) is 26.8 Å². The number of nitrogens with zero attached hydrogens (tertiary/aromatic N) is 4. The molecule has 9 heteroatoms. The molecule has 5 rings (SSSR count). The van der Waals surface area contributed by atoms with Gasteiger partial charge in [0.25, 0.3) is 5.91 Å². The van der Waals surface area contributed by atoms with Crippen molar-refractivity contribution in [3.63, 3.8) is 0 Å². The number of aromatic nitrogens is 3. The molecule has 0 spiro atoms. The van der Waals surface area contributed by atoms with Gasteiger partial charge >= 0.3 is 0 Å². The van der Waals surface area contributed by atoms with Gasteiger partial charge in [0.1, 0.15) is 29.3 Å².